The molecule has 1 rings (SSSR count). The lowest BCUT2D eigenvalue weighted by atomic mass is 10.0. The molecule has 0 saturated carbocycles. The molecule has 0 aliphatic carbocycles. The maximum atomic E-state index is 12.2. The summed E-state index contributed by atoms with van der Waals surface area (Å²) in [6, 6.07) is 3.88. The van der Waals surface area contributed by atoms with Gasteiger partial charge in [0.15, 0.2) is 5.78 Å². The number of Topliss-reactive ketones (excluding diaryl/α,β-unsaturated/α-hetero) is 3. The van der Waals surface area contributed by atoms with Gasteiger partial charge >= 0.3 is 0 Å². The molecule has 0 atom stereocenters. The van der Waals surface area contributed by atoms with Gasteiger partial charge < -0.3 is 4.74 Å². The molecule has 0 spiro atoms. The van der Waals surface area contributed by atoms with E-state index in [1.165, 1.54) is 25.1 Å². The molecule has 0 radical (unpaired) electrons. The van der Waals surface area contributed by atoms with Crippen LogP contribution in [0.5, 0.6) is 5.75 Å². The van der Waals surface area contributed by atoms with Crippen molar-refractivity contribution < 1.29 is 24.0 Å². The Hall–Kier alpha value is -2.57. The summed E-state index contributed by atoms with van der Waals surface area (Å²) in [5.41, 5.74) is -0.561. The molecule has 23 heavy (non-hydrogen) atoms. The zero-order chi connectivity index (χ0) is 17.4. The van der Waals surface area contributed by atoms with Gasteiger partial charge in [0.2, 0.25) is 0 Å². The second-order valence-electron chi connectivity index (χ2n) is 5.16. The fourth-order valence-electron chi connectivity index (χ4n) is 1.94. The molecule has 1 aromatic carbocycles. The van der Waals surface area contributed by atoms with Gasteiger partial charge in [-0.05, 0) is 25.5 Å². The molecule has 0 aliphatic rings. The molecule has 0 saturated heterocycles. The van der Waals surface area contributed by atoms with Crippen molar-refractivity contribution in [3.05, 3.63) is 33.9 Å². The van der Waals surface area contributed by atoms with Crippen LogP contribution in [0.3, 0.4) is 0 Å². The summed E-state index contributed by atoms with van der Waals surface area (Å²) >= 11 is 0. The van der Waals surface area contributed by atoms with Crippen LogP contribution in [-0.2, 0) is 9.59 Å². The Morgan fingerprint density at radius 3 is 2.48 bits per heavy atom. The summed E-state index contributed by atoms with van der Waals surface area (Å²) in [5, 5.41) is 11.0. The van der Waals surface area contributed by atoms with E-state index in [4.69, 9.17) is 4.74 Å². The number of carbonyl (C=O) groups excluding carboxylic acids is 3. The van der Waals surface area contributed by atoms with Crippen molar-refractivity contribution in [3.8, 4) is 5.75 Å². The molecule has 0 unspecified atom stereocenters. The SMILES string of the molecule is CCCCOc1ccc([N+](=O)[O-])c(C(=O)CC(=O)CC(C)=O)c1. The van der Waals surface area contributed by atoms with E-state index >= 15 is 0 Å². The van der Waals surface area contributed by atoms with E-state index in [1.54, 1.807) is 0 Å². The lowest BCUT2D eigenvalue weighted by molar-refractivity contribution is -0.385. The van der Waals surface area contributed by atoms with Crippen molar-refractivity contribution in [2.24, 2.45) is 0 Å². The highest BCUT2D eigenvalue weighted by Gasteiger charge is 2.23. The third-order valence-electron chi connectivity index (χ3n) is 3.04. The number of hydrogen-bond acceptors (Lipinski definition) is 6. The summed E-state index contributed by atoms with van der Waals surface area (Å²) in [5.74, 6) is -1.27. The van der Waals surface area contributed by atoms with Gasteiger partial charge in [0.05, 0.1) is 29.9 Å². The molecular weight excluding hydrogens is 302 g/mol. The number of benzene rings is 1. The third kappa shape index (κ3) is 5.98. The summed E-state index contributed by atoms with van der Waals surface area (Å²) in [6.45, 7) is 3.67. The van der Waals surface area contributed by atoms with Crippen LogP contribution in [0.4, 0.5) is 5.69 Å². The van der Waals surface area contributed by atoms with E-state index in [-0.39, 0.29) is 23.5 Å². The van der Waals surface area contributed by atoms with Crippen molar-refractivity contribution in [3.63, 3.8) is 0 Å². The molecule has 7 nitrogen and oxygen atoms in total. The fourth-order valence-corrected chi connectivity index (χ4v) is 1.94. The minimum Gasteiger partial charge on any atom is -0.494 e. The van der Waals surface area contributed by atoms with E-state index in [0.29, 0.717) is 12.4 Å². The lowest BCUT2D eigenvalue weighted by Gasteiger charge is -2.08. The van der Waals surface area contributed by atoms with Gasteiger partial charge in [0.25, 0.3) is 5.69 Å². The molecule has 0 bridgehead atoms. The smallest absolute Gasteiger partial charge is 0.280 e. The summed E-state index contributed by atoms with van der Waals surface area (Å²) in [4.78, 5) is 45.0. The highest BCUT2D eigenvalue weighted by atomic mass is 16.6. The number of hydrogen-bond donors (Lipinski definition) is 0. The predicted octanol–water partition coefficient (Wildman–Crippen LogP) is 2.89. The van der Waals surface area contributed by atoms with E-state index in [1.807, 2.05) is 6.92 Å². The largest absolute Gasteiger partial charge is 0.494 e. The first-order valence-electron chi connectivity index (χ1n) is 7.30. The maximum Gasteiger partial charge on any atom is 0.280 e. The minimum absolute atomic E-state index is 0.180. The molecule has 0 amide bonds. The van der Waals surface area contributed by atoms with E-state index in [0.717, 1.165) is 12.8 Å². The van der Waals surface area contributed by atoms with Crippen molar-refractivity contribution in [2.45, 2.75) is 39.5 Å². The van der Waals surface area contributed by atoms with E-state index in [2.05, 4.69) is 0 Å². The van der Waals surface area contributed by atoms with E-state index in [9.17, 15) is 24.5 Å². The topological polar surface area (TPSA) is 104 Å². The number of ketones is 3. The fraction of sp³-hybridized carbons (Fsp3) is 0.438. The van der Waals surface area contributed by atoms with Crippen molar-refractivity contribution >= 4 is 23.0 Å². The van der Waals surface area contributed by atoms with Crippen LogP contribution in [0.2, 0.25) is 0 Å². The van der Waals surface area contributed by atoms with Crippen LogP contribution in [0.15, 0.2) is 18.2 Å². The predicted molar refractivity (Wildman–Crippen MR) is 82.8 cm³/mol. The number of rotatable bonds is 10. The van der Waals surface area contributed by atoms with Crippen LogP contribution in [-0.4, -0.2) is 28.9 Å². The first-order valence-corrected chi connectivity index (χ1v) is 7.30. The summed E-state index contributed by atoms with van der Waals surface area (Å²) in [7, 11) is 0. The average molecular weight is 321 g/mol. The lowest BCUT2D eigenvalue weighted by Crippen LogP contribution is -2.13. The first-order chi connectivity index (χ1) is 10.8. The van der Waals surface area contributed by atoms with Gasteiger partial charge in [-0.25, -0.2) is 0 Å². The van der Waals surface area contributed by atoms with Crippen molar-refractivity contribution in [1.29, 1.82) is 0 Å². The number of nitro benzene ring substituents is 1. The average Bonchev–Trinajstić information content (AvgIpc) is 2.46. The van der Waals surface area contributed by atoms with Gasteiger partial charge in [-0.2, -0.15) is 0 Å². The minimum atomic E-state index is -0.691. The van der Waals surface area contributed by atoms with Gasteiger partial charge in [-0.1, -0.05) is 13.3 Å². The van der Waals surface area contributed by atoms with E-state index < -0.39 is 22.9 Å². The van der Waals surface area contributed by atoms with Crippen LogP contribution < -0.4 is 4.74 Å². The molecule has 0 N–H and O–H groups in total. The van der Waals surface area contributed by atoms with Gasteiger partial charge in [-0.3, -0.25) is 24.5 Å². The molecule has 0 aromatic heterocycles. The Bertz CT molecular complexity index is 623. The quantitative estimate of drug-likeness (QED) is 0.216. The molecule has 7 heteroatoms. The Balaban J connectivity index is 2.97. The normalized spacial score (nSPS) is 10.2. The summed E-state index contributed by atoms with van der Waals surface area (Å²) in [6.07, 6.45) is 0.848. The van der Waals surface area contributed by atoms with Gasteiger partial charge in [0, 0.05) is 6.07 Å². The Labute approximate surface area is 133 Å². The number of carbonyl (C=O) groups is 3. The molecule has 1 aromatic rings. The standard InChI is InChI=1S/C16H19NO6/c1-3-4-7-23-13-5-6-15(17(21)22)14(10-13)16(20)9-12(19)8-11(2)18/h5-6,10H,3-4,7-9H2,1-2H3. The number of ether oxygens (including phenoxy) is 1. The zero-order valence-corrected chi connectivity index (χ0v) is 13.2. The molecule has 0 fully saturated rings. The molecule has 0 heterocycles. The van der Waals surface area contributed by atoms with Crippen LogP contribution in [0.25, 0.3) is 0 Å². The molecule has 124 valence electrons. The second-order valence-corrected chi connectivity index (χ2v) is 5.16. The van der Waals surface area contributed by atoms with Crippen LogP contribution >= 0.6 is 0 Å². The zero-order valence-electron chi connectivity index (χ0n) is 13.2. The first kappa shape index (κ1) is 18.5. The number of nitro groups is 1. The Morgan fingerprint density at radius 1 is 1.22 bits per heavy atom. The maximum absolute atomic E-state index is 12.2. The molecular formula is C16H19NO6. The second kappa shape index (κ2) is 8.77. The van der Waals surface area contributed by atoms with Gasteiger partial charge in [0.1, 0.15) is 17.3 Å². The van der Waals surface area contributed by atoms with Crippen LogP contribution in [0, 0.1) is 10.1 Å². The third-order valence-corrected chi connectivity index (χ3v) is 3.04. The highest BCUT2D eigenvalue weighted by Crippen LogP contribution is 2.25. The van der Waals surface area contributed by atoms with Crippen molar-refractivity contribution in [1.82, 2.24) is 0 Å². The number of unbranched alkanes of at least 4 members (excludes halogenated alkanes) is 1. The van der Waals surface area contributed by atoms with Crippen molar-refractivity contribution in [2.75, 3.05) is 6.61 Å². The Morgan fingerprint density at radius 2 is 1.91 bits per heavy atom. The van der Waals surface area contributed by atoms with Gasteiger partial charge in [-0.15, -0.1) is 0 Å². The highest BCUT2D eigenvalue weighted by molar-refractivity contribution is 6.13. The molecule has 0 aliphatic heterocycles. The van der Waals surface area contributed by atoms with Crippen LogP contribution in [0.1, 0.15) is 49.9 Å². The monoisotopic (exact) mass is 321 g/mol. The Kier molecular flexibility index (Phi) is 7.05. The number of nitrogens with zero attached hydrogens (tertiary/aromatic N) is 1. The summed E-state index contributed by atoms with van der Waals surface area (Å²) < 4.78 is 5.43.